The van der Waals surface area contributed by atoms with Gasteiger partial charge in [-0.1, -0.05) is 17.7 Å². The fraction of sp³-hybridized carbons (Fsp3) is 0.400. The molecule has 27 heavy (non-hydrogen) atoms. The van der Waals surface area contributed by atoms with Crippen LogP contribution in [-0.2, 0) is 10.0 Å². The monoisotopic (exact) mass is 391 g/mol. The zero-order chi connectivity index (χ0) is 19.4. The topological polar surface area (TPSA) is 65.1 Å². The minimum atomic E-state index is -3.58. The predicted molar refractivity (Wildman–Crippen MR) is 103 cm³/mol. The molecule has 6 nitrogen and oxygen atoms in total. The van der Waals surface area contributed by atoms with E-state index in [1.54, 1.807) is 12.1 Å². The van der Waals surface area contributed by atoms with Crippen molar-refractivity contribution in [1.29, 1.82) is 0 Å². The summed E-state index contributed by atoms with van der Waals surface area (Å²) in [5.74, 6) is 1.72. The van der Waals surface area contributed by atoms with E-state index in [0.29, 0.717) is 37.4 Å². The maximum atomic E-state index is 12.9. The molecule has 0 amide bonds. The molecule has 0 spiro atoms. The number of hydrogen-bond acceptors (Lipinski definition) is 5. The average molecular weight is 391 g/mol. The second-order valence-corrected chi connectivity index (χ2v) is 8.49. The molecule has 0 saturated carbocycles. The number of nitrogens with zero attached hydrogens (tertiary/aromatic N) is 1. The molecule has 0 bridgehead atoms. The maximum absolute atomic E-state index is 12.9. The van der Waals surface area contributed by atoms with Gasteiger partial charge in [0.05, 0.1) is 19.1 Å². The van der Waals surface area contributed by atoms with Crippen LogP contribution in [0, 0.1) is 6.92 Å². The molecule has 0 radical (unpaired) electrons. The molecule has 0 unspecified atom stereocenters. The van der Waals surface area contributed by atoms with Crippen molar-refractivity contribution in [1.82, 2.24) is 4.31 Å². The third-order valence-electron chi connectivity index (χ3n) is 4.72. The molecule has 1 aliphatic rings. The van der Waals surface area contributed by atoms with Gasteiger partial charge < -0.3 is 14.2 Å². The smallest absolute Gasteiger partial charge is 0.243 e. The van der Waals surface area contributed by atoms with Crippen LogP contribution in [0.3, 0.4) is 0 Å². The number of ether oxygens (including phenoxy) is 3. The Morgan fingerprint density at radius 2 is 1.56 bits per heavy atom. The van der Waals surface area contributed by atoms with Crippen LogP contribution < -0.4 is 14.2 Å². The van der Waals surface area contributed by atoms with Crippen molar-refractivity contribution in [3.63, 3.8) is 0 Å². The summed E-state index contributed by atoms with van der Waals surface area (Å²) in [6.07, 6.45) is 1.32. The van der Waals surface area contributed by atoms with Crippen LogP contribution in [0.2, 0.25) is 0 Å². The Kier molecular flexibility index (Phi) is 5.92. The van der Waals surface area contributed by atoms with E-state index in [2.05, 4.69) is 0 Å². The Labute approximate surface area is 160 Å². The lowest BCUT2D eigenvalue weighted by Crippen LogP contribution is -2.41. The van der Waals surface area contributed by atoms with E-state index in [4.69, 9.17) is 14.2 Å². The highest BCUT2D eigenvalue weighted by molar-refractivity contribution is 7.89. The molecule has 2 aromatic rings. The van der Waals surface area contributed by atoms with Gasteiger partial charge in [-0.3, -0.25) is 0 Å². The molecule has 7 heteroatoms. The van der Waals surface area contributed by atoms with Crippen LogP contribution in [0.4, 0.5) is 0 Å². The minimum absolute atomic E-state index is 0.0181. The van der Waals surface area contributed by atoms with Gasteiger partial charge in [-0.2, -0.15) is 4.31 Å². The first-order valence-corrected chi connectivity index (χ1v) is 10.3. The van der Waals surface area contributed by atoms with E-state index in [-0.39, 0.29) is 11.0 Å². The highest BCUT2D eigenvalue weighted by atomic mass is 32.2. The summed E-state index contributed by atoms with van der Waals surface area (Å²) in [6, 6.07) is 12.6. The van der Waals surface area contributed by atoms with Gasteiger partial charge in [0.1, 0.15) is 11.9 Å². The van der Waals surface area contributed by atoms with Gasteiger partial charge in [-0.05, 0) is 44.0 Å². The standard InChI is InChI=1S/C20H25NO5S/c1-15-4-6-16(7-5-15)26-17-10-12-21(13-11-17)27(22,23)18-8-9-19(24-2)20(14-18)25-3/h4-9,14,17H,10-13H2,1-3H3. The quantitative estimate of drug-likeness (QED) is 0.756. The normalized spacial score (nSPS) is 16.1. The van der Waals surface area contributed by atoms with Crippen molar-refractivity contribution in [2.75, 3.05) is 27.3 Å². The van der Waals surface area contributed by atoms with Gasteiger partial charge in [0.2, 0.25) is 10.0 Å². The van der Waals surface area contributed by atoms with Crippen molar-refractivity contribution in [3.05, 3.63) is 48.0 Å². The Hall–Kier alpha value is -2.25. The lowest BCUT2D eigenvalue weighted by molar-refractivity contribution is 0.135. The third kappa shape index (κ3) is 4.36. The molecule has 0 N–H and O–H groups in total. The predicted octanol–water partition coefficient (Wildman–Crippen LogP) is 3.24. The van der Waals surface area contributed by atoms with Crippen LogP contribution in [0.15, 0.2) is 47.4 Å². The number of aryl methyl sites for hydroxylation is 1. The average Bonchev–Trinajstić information content (AvgIpc) is 2.69. The first-order valence-electron chi connectivity index (χ1n) is 8.89. The molecule has 146 valence electrons. The summed E-state index contributed by atoms with van der Waals surface area (Å²) in [5, 5.41) is 0. The van der Waals surface area contributed by atoms with Gasteiger partial charge in [0, 0.05) is 19.2 Å². The number of benzene rings is 2. The highest BCUT2D eigenvalue weighted by Gasteiger charge is 2.30. The van der Waals surface area contributed by atoms with Gasteiger partial charge in [0.25, 0.3) is 0 Å². The van der Waals surface area contributed by atoms with Crippen molar-refractivity contribution < 1.29 is 22.6 Å². The fourth-order valence-electron chi connectivity index (χ4n) is 3.13. The molecular formula is C20H25NO5S. The number of sulfonamides is 1. The van der Waals surface area contributed by atoms with E-state index >= 15 is 0 Å². The second kappa shape index (κ2) is 8.19. The highest BCUT2D eigenvalue weighted by Crippen LogP contribution is 2.31. The Morgan fingerprint density at radius 1 is 0.926 bits per heavy atom. The van der Waals surface area contributed by atoms with E-state index in [1.807, 2.05) is 31.2 Å². The molecule has 0 aliphatic carbocycles. The molecule has 1 saturated heterocycles. The SMILES string of the molecule is COc1ccc(S(=O)(=O)N2CCC(Oc3ccc(C)cc3)CC2)cc1OC. The molecule has 3 rings (SSSR count). The number of methoxy groups -OCH3 is 2. The van der Waals surface area contributed by atoms with Gasteiger partial charge >= 0.3 is 0 Å². The van der Waals surface area contributed by atoms with E-state index < -0.39 is 10.0 Å². The van der Waals surface area contributed by atoms with Crippen molar-refractivity contribution >= 4 is 10.0 Å². The van der Waals surface area contributed by atoms with Crippen molar-refractivity contribution in [3.8, 4) is 17.2 Å². The molecular weight excluding hydrogens is 366 g/mol. The Balaban J connectivity index is 1.66. The summed E-state index contributed by atoms with van der Waals surface area (Å²) >= 11 is 0. The summed E-state index contributed by atoms with van der Waals surface area (Å²) in [6.45, 7) is 2.88. The maximum Gasteiger partial charge on any atom is 0.243 e. The molecule has 1 heterocycles. The van der Waals surface area contributed by atoms with Gasteiger partial charge in [-0.25, -0.2) is 8.42 Å². The second-order valence-electron chi connectivity index (χ2n) is 6.55. The largest absolute Gasteiger partial charge is 0.493 e. The number of piperidine rings is 1. The lowest BCUT2D eigenvalue weighted by atomic mass is 10.1. The van der Waals surface area contributed by atoms with Crippen LogP contribution in [0.25, 0.3) is 0 Å². The molecule has 2 aromatic carbocycles. The van der Waals surface area contributed by atoms with Crippen LogP contribution in [0.5, 0.6) is 17.2 Å². The van der Waals surface area contributed by atoms with Crippen LogP contribution >= 0.6 is 0 Å². The van der Waals surface area contributed by atoms with Crippen molar-refractivity contribution in [2.24, 2.45) is 0 Å². The zero-order valence-electron chi connectivity index (χ0n) is 15.8. The molecule has 1 aliphatic heterocycles. The number of rotatable bonds is 6. The van der Waals surface area contributed by atoms with E-state index in [0.717, 1.165) is 5.75 Å². The zero-order valence-corrected chi connectivity index (χ0v) is 16.7. The molecule has 1 fully saturated rings. The molecule has 0 aromatic heterocycles. The number of hydrogen-bond donors (Lipinski definition) is 0. The summed E-state index contributed by atoms with van der Waals surface area (Å²) in [7, 11) is -0.572. The van der Waals surface area contributed by atoms with Crippen LogP contribution in [-0.4, -0.2) is 46.1 Å². The summed E-state index contributed by atoms with van der Waals surface area (Å²) in [5.41, 5.74) is 1.18. The van der Waals surface area contributed by atoms with E-state index in [1.165, 1.54) is 30.2 Å². The lowest BCUT2D eigenvalue weighted by Gasteiger charge is -2.31. The Bertz CT molecular complexity index is 872. The molecule has 0 atom stereocenters. The first-order chi connectivity index (χ1) is 12.9. The van der Waals surface area contributed by atoms with E-state index in [9.17, 15) is 8.42 Å². The van der Waals surface area contributed by atoms with Gasteiger partial charge in [0.15, 0.2) is 11.5 Å². The minimum Gasteiger partial charge on any atom is -0.493 e. The third-order valence-corrected chi connectivity index (χ3v) is 6.61. The first kappa shape index (κ1) is 19.5. The Morgan fingerprint density at radius 3 is 2.15 bits per heavy atom. The fourth-order valence-corrected chi connectivity index (χ4v) is 4.61. The summed E-state index contributed by atoms with van der Waals surface area (Å²) < 4.78 is 43.8. The van der Waals surface area contributed by atoms with Crippen molar-refractivity contribution in [2.45, 2.75) is 30.8 Å². The van der Waals surface area contributed by atoms with Gasteiger partial charge in [-0.15, -0.1) is 0 Å². The summed E-state index contributed by atoms with van der Waals surface area (Å²) in [4.78, 5) is 0.207. The van der Waals surface area contributed by atoms with Crippen LogP contribution in [0.1, 0.15) is 18.4 Å².